The van der Waals surface area contributed by atoms with E-state index in [9.17, 15) is 9.59 Å². The highest BCUT2D eigenvalue weighted by atomic mass is 32.2. The number of hydrogen-bond acceptors (Lipinski definition) is 5. The van der Waals surface area contributed by atoms with Gasteiger partial charge in [-0.15, -0.1) is 11.8 Å². The van der Waals surface area contributed by atoms with Gasteiger partial charge in [-0.25, -0.2) is 0 Å². The molecule has 0 spiro atoms. The van der Waals surface area contributed by atoms with Gasteiger partial charge in [-0.1, -0.05) is 42.5 Å². The molecular weight excluding hydrogens is 410 g/mol. The number of imide groups is 1. The molecule has 0 fully saturated rings. The Morgan fingerprint density at radius 3 is 2.32 bits per heavy atom. The lowest BCUT2D eigenvalue weighted by Crippen LogP contribution is -2.33. The maximum atomic E-state index is 13.2. The molecule has 1 aliphatic heterocycles. The van der Waals surface area contributed by atoms with Crippen molar-refractivity contribution < 1.29 is 19.1 Å². The minimum absolute atomic E-state index is 0.0672. The Labute approximate surface area is 188 Å². The van der Waals surface area contributed by atoms with Gasteiger partial charge in [0.25, 0.3) is 11.8 Å². The summed E-state index contributed by atoms with van der Waals surface area (Å²) in [5.74, 6) is 0.901. The predicted octanol–water partition coefficient (Wildman–Crippen LogP) is 4.91. The Hall–Kier alpha value is -2.57. The molecule has 1 aliphatic rings. The summed E-state index contributed by atoms with van der Waals surface area (Å²) < 4.78 is 11.1. The highest BCUT2D eigenvalue weighted by Gasteiger charge is 2.38. The third kappa shape index (κ3) is 5.99. The Balaban J connectivity index is 1.85. The van der Waals surface area contributed by atoms with Crippen LogP contribution in [0.5, 0.6) is 5.75 Å². The molecule has 0 saturated heterocycles. The van der Waals surface area contributed by atoms with E-state index in [1.165, 1.54) is 16.7 Å². The van der Waals surface area contributed by atoms with Crippen LogP contribution in [0.3, 0.4) is 0 Å². The fraction of sp³-hybridized carbons (Fsp3) is 0.360. The van der Waals surface area contributed by atoms with Crippen molar-refractivity contribution in [1.82, 2.24) is 4.90 Å². The smallest absolute Gasteiger partial charge is 0.267 e. The van der Waals surface area contributed by atoms with Gasteiger partial charge in [0, 0.05) is 25.5 Å². The largest absolute Gasteiger partial charge is 0.491 e. The Morgan fingerprint density at radius 2 is 1.68 bits per heavy atom. The molecule has 1 heterocycles. The van der Waals surface area contributed by atoms with Crippen molar-refractivity contribution in [2.75, 3.05) is 19.8 Å². The first-order chi connectivity index (χ1) is 15.0. The normalized spacial score (nSPS) is 14.1. The summed E-state index contributed by atoms with van der Waals surface area (Å²) in [6.07, 6.45) is 0.689. The lowest BCUT2D eigenvalue weighted by molar-refractivity contribution is -0.136. The molecule has 0 aromatic heterocycles. The summed E-state index contributed by atoms with van der Waals surface area (Å²) in [6.45, 7) is 7.36. The predicted molar refractivity (Wildman–Crippen MR) is 125 cm³/mol. The summed E-state index contributed by atoms with van der Waals surface area (Å²) in [4.78, 5) is 28.2. The van der Waals surface area contributed by atoms with Crippen molar-refractivity contribution >= 4 is 29.1 Å². The summed E-state index contributed by atoms with van der Waals surface area (Å²) in [7, 11) is 0. The molecule has 2 aromatic carbocycles. The van der Waals surface area contributed by atoms with E-state index in [1.54, 1.807) is 0 Å². The fourth-order valence-corrected chi connectivity index (χ4v) is 4.40. The van der Waals surface area contributed by atoms with Crippen LogP contribution in [0.15, 0.2) is 59.5 Å². The van der Waals surface area contributed by atoms with E-state index in [0.29, 0.717) is 42.4 Å². The van der Waals surface area contributed by atoms with Gasteiger partial charge >= 0.3 is 0 Å². The molecule has 0 saturated carbocycles. The number of amides is 2. The van der Waals surface area contributed by atoms with E-state index < -0.39 is 0 Å². The average Bonchev–Trinajstić information content (AvgIpc) is 3.00. The molecule has 0 N–H and O–H groups in total. The number of ether oxygens (including phenoxy) is 2. The Bertz CT molecular complexity index is 922. The van der Waals surface area contributed by atoms with Crippen molar-refractivity contribution in [3.8, 4) is 5.75 Å². The lowest BCUT2D eigenvalue weighted by Gasteiger charge is -2.15. The maximum Gasteiger partial charge on any atom is 0.267 e. The molecule has 5 nitrogen and oxygen atoms in total. The number of nitrogens with zero attached hydrogens (tertiary/aromatic N) is 1. The number of carbonyl (C=O) groups excluding carboxylic acids is 2. The van der Waals surface area contributed by atoms with Crippen LogP contribution in [0, 0.1) is 0 Å². The minimum atomic E-state index is -0.241. The van der Waals surface area contributed by atoms with Crippen LogP contribution in [0.1, 0.15) is 38.3 Å². The monoisotopic (exact) mass is 439 g/mol. The van der Waals surface area contributed by atoms with Gasteiger partial charge in [-0.3, -0.25) is 14.5 Å². The summed E-state index contributed by atoms with van der Waals surface area (Å²) in [5, 5.41) is 0. The summed E-state index contributed by atoms with van der Waals surface area (Å²) >= 11 is 1.42. The van der Waals surface area contributed by atoms with Crippen LogP contribution >= 0.6 is 11.8 Å². The van der Waals surface area contributed by atoms with Crippen molar-refractivity contribution in [3.05, 3.63) is 70.6 Å². The summed E-state index contributed by atoms with van der Waals surface area (Å²) in [6, 6.07) is 17.3. The van der Waals surface area contributed by atoms with Crippen LogP contribution in [-0.4, -0.2) is 42.6 Å². The van der Waals surface area contributed by atoms with E-state index >= 15 is 0 Å². The zero-order chi connectivity index (χ0) is 22.2. The molecule has 0 bridgehead atoms. The third-order valence-corrected chi connectivity index (χ3v) is 5.89. The van der Waals surface area contributed by atoms with E-state index in [4.69, 9.17) is 9.47 Å². The second-order valence-corrected chi connectivity index (χ2v) is 8.47. The van der Waals surface area contributed by atoms with Crippen LogP contribution < -0.4 is 4.74 Å². The number of benzene rings is 2. The van der Waals surface area contributed by atoms with Gasteiger partial charge in [0.05, 0.1) is 16.6 Å². The molecule has 31 heavy (non-hydrogen) atoms. The zero-order valence-corrected chi connectivity index (χ0v) is 19.1. The van der Waals surface area contributed by atoms with Crippen molar-refractivity contribution in [3.63, 3.8) is 0 Å². The highest BCUT2D eigenvalue weighted by Crippen LogP contribution is 2.38. The SMILES string of the molecule is CCOCCCN1C(=O)C(SCc2ccccc2)=C(c2ccc(OC(C)C)cc2)C1=O. The van der Waals surface area contributed by atoms with Crippen molar-refractivity contribution in [1.29, 1.82) is 0 Å². The molecule has 0 unspecified atom stereocenters. The highest BCUT2D eigenvalue weighted by molar-refractivity contribution is 8.03. The molecule has 0 radical (unpaired) electrons. The van der Waals surface area contributed by atoms with Crippen molar-refractivity contribution in [2.45, 2.75) is 39.0 Å². The number of thioether (sulfide) groups is 1. The molecule has 0 aliphatic carbocycles. The third-order valence-electron chi connectivity index (χ3n) is 4.74. The molecule has 2 aromatic rings. The maximum absolute atomic E-state index is 13.2. The fourth-order valence-electron chi connectivity index (χ4n) is 3.32. The molecule has 0 atom stereocenters. The van der Waals surface area contributed by atoms with Gasteiger partial charge < -0.3 is 9.47 Å². The second-order valence-electron chi connectivity index (χ2n) is 7.48. The van der Waals surface area contributed by atoms with Crippen LogP contribution in [0.4, 0.5) is 0 Å². The van der Waals surface area contributed by atoms with Gasteiger partial charge in [0.2, 0.25) is 0 Å². The number of rotatable bonds is 11. The van der Waals surface area contributed by atoms with Gasteiger partial charge in [0.15, 0.2) is 0 Å². The van der Waals surface area contributed by atoms with Gasteiger partial charge in [-0.05, 0) is 50.5 Å². The first-order valence-electron chi connectivity index (χ1n) is 10.6. The molecule has 164 valence electrons. The average molecular weight is 440 g/mol. The van der Waals surface area contributed by atoms with Crippen LogP contribution in [-0.2, 0) is 20.1 Å². The molecule has 3 rings (SSSR count). The Kier molecular flexibility index (Phi) is 8.32. The van der Waals surface area contributed by atoms with Gasteiger partial charge in [-0.2, -0.15) is 0 Å². The van der Waals surface area contributed by atoms with E-state index in [0.717, 1.165) is 16.9 Å². The minimum Gasteiger partial charge on any atom is -0.491 e. The Morgan fingerprint density at radius 1 is 0.968 bits per heavy atom. The summed E-state index contributed by atoms with van der Waals surface area (Å²) in [5.41, 5.74) is 2.31. The van der Waals surface area contributed by atoms with Gasteiger partial charge in [0.1, 0.15) is 5.75 Å². The standard InChI is InChI=1S/C25H29NO4S/c1-4-29-16-8-15-26-24(27)22(20-11-13-21(14-12-20)30-18(2)3)23(25(26)28)31-17-19-9-6-5-7-10-19/h5-7,9-14,18H,4,8,15-17H2,1-3H3. The van der Waals surface area contributed by atoms with E-state index in [1.807, 2.05) is 75.4 Å². The second kappa shape index (κ2) is 11.2. The first-order valence-corrected chi connectivity index (χ1v) is 11.6. The van der Waals surface area contributed by atoms with E-state index in [2.05, 4.69) is 0 Å². The molecule has 6 heteroatoms. The lowest BCUT2D eigenvalue weighted by atomic mass is 10.1. The van der Waals surface area contributed by atoms with Crippen LogP contribution in [0.2, 0.25) is 0 Å². The van der Waals surface area contributed by atoms with Crippen LogP contribution in [0.25, 0.3) is 5.57 Å². The number of hydrogen-bond donors (Lipinski definition) is 0. The van der Waals surface area contributed by atoms with Crippen molar-refractivity contribution in [2.24, 2.45) is 0 Å². The quantitative estimate of drug-likeness (QED) is 0.368. The topological polar surface area (TPSA) is 55.8 Å². The van der Waals surface area contributed by atoms with E-state index in [-0.39, 0.29) is 17.9 Å². The zero-order valence-electron chi connectivity index (χ0n) is 18.3. The molecule has 2 amide bonds. The molecular formula is C25H29NO4S. The first kappa shape index (κ1) is 23.1. The number of carbonyl (C=O) groups is 2.